The molecule has 0 spiro atoms. The second-order valence-electron chi connectivity index (χ2n) is 6.46. The molecule has 1 aromatic rings. The van der Waals surface area contributed by atoms with Crippen LogP contribution in [0.25, 0.3) is 0 Å². The highest BCUT2D eigenvalue weighted by Gasteiger charge is 2.35. The molecular formula is C18H25NO4. The Balaban J connectivity index is 1.65. The Bertz CT molecular complexity index is 534. The van der Waals surface area contributed by atoms with Crippen LogP contribution in [0.2, 0.25) is 0 Å². The summed E-state index contributed by atoms with van der Waals surface area (Å²) < 4.78 is 16.6. The third-order valence-electron chi connectivity index (χ3n) is 4.87. The van der Waals surface area contributed by atoms with Gasteiger partial charge in [0.2, 0.25) is 0 Å². The van der Waals surface area contributed by atoms with E-state index in [1.165, 1.54) is 5.56 Å². The molecule has 5 nitrogen and oxygen atoms in total. The first-order valence-corrected chi connectivity index (χ1v) is 8.28. The molecule has 0 bridgehead atoms. The van der Waals surface area contributed by atoms with E-state index >= 15 is 0 Å². The lowest BCUT2D eigenvalue weighted by molar-refractivity contribution is -0.135. The predicted octanol–water partition coefficient (Wildman–Crippen LogP) is 1.86. The maximum Gasteiger partial charge on any atom is 0.253 e. The molecule has 1 aromatic carbocycles. The van der Waals surface area contributed by atoms with Crippen LogP contribution in [0.4, 0.5) is 0 Å². The summed E-state index contributed by atoms with van der Waals surface area (Å²) in [6, 6.07) is 8.02. The number of carbonyl (C=O) groups is 1. The molecule has 2 aliphatic heterocycles. The fourth-order valence-electron chi connectivity index (χ4n) is 3.46. The van der Waals surface area contributed by atoms with Crippen molar-refractivity contribution in [2.45, 2.75) is 25.4 Å². The number of carbonyl (C=O) groups excluding carboxylic acids is 1. The fraction of sp³-hybridized carbons (Fsp3) is 0.611. The van der Waals surface area contributed by atoms with Crippen molar-refractivity contribution in [2.75, 3.05) is 40.1 Å². The van der Waals surface area contributed by atoms with Gasteiger partial charge in [0.15, 0.2) is 6.10 Å². The minimum Gasteiger partial charge on any atom is -0.384 e. The zero-order valence-corrected chi connectivity index (χ0v) is 13.7. The molecule has 3 rings (SSSR count). The highest BCUT2D eigenvalue weighted by atomic mass is 16.5. The van der Waals surface area contributed by atoms with Crippen LogP contribution in [0.15, 0.2) is 24.3 Å². The van der Waals surface area contributed by atoms with Crippen molar-refractivity contribution in [1.29, 1.82) is 0 Å². The number of amides is 1. The first kappa shape index (κ1) is 16.4. The van der Waals surface area contributed by atoms with Crippen molar-refractivity contribution in [2.24, 2.45) is 5.41 Å². The quantitative estimate of drug-likeness (QED) is 0.900. The van der Waals surface area contributed by atoms with Gasteiger partial charge in [-0.05, 0) is 30.4 Å². The van der Waals surface area contributed by atoms with Gasteiger partial charge >= 0.3 is 0 Å². The molecule has 1 amide bonds. The maximum absolute atomic E-state index is 12.6. The molecule has 0 aromatic heterocycles. The van der Waals surface area contributed by atoms with E-state index in [1.807, 2.05) is 18.2 Å². The maximum atomic E-state index is 12.6. The second-order valence-corrected chi connectivity index (χ2v) is 6.46. The van der Waals surface area contributed by atoms with Gasteiger partial charge in [-0.15, -0.1) is 0 Å². The highest BCUT2D eigenvalue weighted by Crippen LogP contribution is 2.31. The summed E-state index contributed by atoms with van der Waals surface area (Å²) >= 11 is 0. The molecule has 0 radical (unpaired) electrons. The first-order valence-electron chi connectivity index (χ1n) is 8.28. The van der Waals surface area contributed by atoms with Crippen molar-refractivity contribution >= 4 is 5.91 Å². The molecule has 2 aliphatic rings. The monoisotopic (exact) mass is 319 g/mol. The van der Waals surface area contributed by atoms with Crippen molar-refractivity contribution < 1.29 is 19.0 Å². The minimum atomic E-state index is -0.501. The van der Waals surface area contributed by atoms with Crippen LogP contribution in [-0.2, 0) is 25.4 Å². The van der Waals surface area contributed by atoms with E-state index in [1.54, 1.807) is 7.11 Å². The number of rotatable bonds is 5. The largest absolute Gasteiger partial charge is 0.384 e. The van der Waals surface area contributed by atoms with Crippen LogP contribution < -0.4 is 5.32 Å². The molecule has 5 heteroatoms. The summed E-state index contributed by atoms with van der Waals surface area (Å²) in [6.07, 6.45) is 2.18. The molecule has 1 saturated heterocycles. The van der Waals surface area contributed by atoms with Crippen molar-refractivity contribution in [1.82, 2.24) is 5.32 Å². The van der Waals surface area contributed by atoms with E-state index in [0.717, 1.165) is 38.0 Å². The lowest BCUT2D eigenvalue weighted by Crippen LogP contribution is -2.46. The molecule has 1 N–H and O–H groups in total. The van der Waals surface area contributed by atoms with Crippen LogP contribution in [0.5, 0.6) is 0 Å². The third kappa shape index (κ3) is 3.74. The van der Waals surface area contributed by atoms with E-state index in [0.29, 0.717) is 19.8 Å². The SMILES string of the molecule is COCC1(CNC(=O)C2OCCc3ccccc32)CCOCC1. The average Bonchev–Trinajstić information content (AvgIpc) is 2.60. The van der Waals surface area contributed by atoms with Crippen molar-refractivity contribution in [3.8, 4) is 0 Å². The van der Waals surface area contributed by atoms with Gasteiger partial charge in [-0.3, -0.25) is 4.79 Å². The molecule has 126 valence electrons. The number of ether oxygens (including phenoxy) is 3. The van der Waals surface area contributed by atoms with Crippen LogP contribution in [0, 0.1) is 5.41 Å². The molecule has 0 saturated carbocycles. The van der Waals surface area contributed by atoms with E-state index in [2.05, 4.69) is 11.4 Å². The Morgan fingerprint density at radius 3 is 2.87 bits per heavy atom. The second kappa shape index (κ2) is 7.43. The normalized spacial score (nSPS) is 23.1. The van der Waals surface area contributed by atoms with Gasteiger partial charge in [-0.2, -0.15) is 0 Å². The molecule has 1 unspecified atom stereocenters. The zero-order chi connectivity index (χ0) is 16.1. The fourth-order valence-corrected chi connectivity index (χ4v) is 3.46. The number of hydrogen-bond acceptors (Lipinski definition) is 4. The number of methoxy groups -OCH3 is 1. The minimum absolute atomic E-state index is 0.0309. The lowest BCUT2D eigenvalue weighted by atomic mass is 9.81. The van der Waals surface area contributed by atoms with E-state index in [4.69, 9.17) is 14.2 Å². The number of nitrogens with one attached hydrogen (secondary N) is 1. The lowest BCUT2D eigenvalue weighted by Gasteiger charge is -2.37. The molecule has 2 heterocycles. The van der Waals surface area contributed by atoms with Gasteiger partial charge in [0.1, 0.15) is 0 Å². The van der Waals surface area contributed by atoms with Gasteiger partial charge < -0.3 is 19.5 Å². The number of fused-ring (bicyclic) bond motifs is 1. The number of hydrogen-bond donors (Lipinski definition) is 1. The van der Waals surface area contributed by atoms with E-state index < -0.39 is 6.10 Å². The van der Waals surface area contributed by atoms with Crippen LogP contribution in [0.3, 0.4) is 0 Å². The summed E-state index contributed by atoms with van der Waals surface area (Å²) in [5.74, 6) is -0.0564. The Labute approximate surface area is 137 Å². The standard InChI is InChI=1S/C18H25NO4/c1-21-13-18(7-10-22-11-8-18)12-19-17(20)16-15-5-3-2-4-14(15)6-9-23-16/h2-5,16H,6-13H2,1H3,(H,19,20). The third-order valence-corrected chi connectivity index (χ3v) is 4.87. The van der Waals surface area contributed by atoms with Crippen molar-refractivity contribution in [3.05, 3.63) is 35.4 Å². The Morgan fingerprint density at radius 2 is 2.09 bits per heavy atom. The van der Waals surface area contributed by atoms with Crippen molar-refractivity contribution in [3.63, 3.8) is 0 Å². The van der Waals surface area contributed by atoms with Crippen LogP contribution >= 0.6 is 0 Å². The number of benzene rings is 1. The Kier molecular flexibility index (Phi) is 5.30. The zero-order valence-electron chi connectivity index (χ0n) is 13.7. The van der Waals surface area contributed by atoms with E-state index in [-0.39, 0.29) is 11.3 Å². The molecule has 1 atom stereocenters. The van der Waals surface area contributed by atoms with Crippen LogP contribution in [0.1, 0.15) is 30.1 Å². The summed E-state index contributed by atoms with van der Waals surface area (Å²) in [7, 11) is 1.71. The Hall–Kier alpha value is -1.43. The van der Waals surface area contributed by atoms with Gasteiger partial charge in [-0.1, -0.05) is 24.3 Å². The Morgan fingerprint density at radius 1 is 1.30 bits per heavy atom. The topological polar surface area (TPSA) is 56.8 Å². The predicted molar refractivity (Wildman–Crippen MR) is 86.2 cm³/mol. The summed E-state index contributed by atoms with van der Waals surface area (Å²) in [6.45, 7) is 3.28. The molecule has 23 heavy (non-hydrogen) atoms. The summed E-state index contributed by atoms with van der Waals surface area (Å²) in [5.41, 5.74) is 2.16. The molecule has 0 aliphatic carbocycles. The van der Waals surface area contributed by atoms with Crippen LogP contribution in [-0.4, -0.2) is 46.0 Å². The smallest absolute Gasteiger partial charge is 0.253 e. The molecule has 1 fully saturated rings. The van der Waals surface area contributed by atoms with Gasteiger partial charge in [0.25, 0.3) is 5.91 Å². The molecular weight excluding hydrogens is 294 g/mol. The summed E-state index contributed by atoms with van der Waals surface area (Å²) in [4.78, 5) is 12.6. The van der Waals surface area contributed by atoms with Gasteiger partial charge in [0.05, 0.1) is 13.2 Å². The van der Waals surface area contributed by atoms with Gasteiger partial charge in [0, 0.05) is 32.3 Å². The average molecular weight is 319 g/mol. The first-order chi connectivity index (χ1) is 11.2. The van der Waals surface area contributed by atoms with E-state index in [9.17, 15) is 4.79 Å². The highest BCUT2D eigenvalue weighted by molar-refractivity contribution is 5.82. The summed E-state index contributed by atoms with van der Waals surface area (Å²) in [5, 5.41) is 3.09. The van der Waals surface area contributed by atoms with Gasteiger partial charge in [-0.25, -0.2) is 0 Å².